The number of rotatable bonds is 3. The maximum Gasteiger partial charge on any atom is 0.00746 e. The van der Waals surface area contributed by atoms with Crippen molar-refractivity contribution in [3.8, 4) is 0 Å². The van der Waals surface area contributed by atoms with Crippen LogP contribution in [0, 0.1) is 136 Å². The molecule has 12 heteroatoms. The van der Waals surface area contributed by atoms with Gasteiger partial charge >= 0.3 is 0 Å². The second-order valence-electron chi connectivity index (χ2n) is 57.7. The monoisotopic (exact) mass is 1840 g/mol. The van der Waals surface area contributed by atoms with Crippen molar-refractivity contribution >= 4 is 0 Å². The Balaban J connectivity index is 0.000000123. The smallest absolute Gasteiger partial charge is 0.00746 e. The van der Waals surface area contributed by atoms with Crippen LogP contribution in [0.15, 0.2) is 0 Å². The van der Waals surface area contributed by atoms with Gasteiger partial charge in [0.25, 0.3) is 0 Å². The highest BCUT2D eigenvalue weighted by atomic mass is 15.2. The molecule has 768 valence electrons. The molecule has 0 amide bonds. The lowest BCUT2D eigenvalue weighted by Gasteiger charge is -2.57. The molecule has 9 aliphatic heterocycles. The van der Waals surface area contributed by atoms with Gasteiger partial charge in [0.05, 0.1) is 0 Å². The van der Waals surface area contributed by atoms with Gasteiger partial charge in [-0.1, -0.05) is 141 Å². The fourth-order valence-electron chi connectivity index (χ4n) is 35.8. The van der Waals surface area contributed by atoms with Gasteiger partial charge < -0.3 is 60.0 Å². The second kappa shape index (κ2) is 47.1. The molecule has 132 heavy (non-hydrogen) atoms. The molecule has 24 fully saturated rings. The first-order valence-corrected chi connectivity index (χ1v) is 58.7. The summed E-state index contributed by atoms with van der Waals surface area (Å²) in [5.74, 6) is 12.2. The number of piperidine rings is 3. The second-order valence-corrected chi connectivity index (χ2v) is 57.7. The van der Waals surface area contributed by atoms with Crippen LogP contribution < -0.4 is 16.0 Å². The van der Waals surface area contributed by atoms with Crippen molar-refractivity contribution in [3.63, 3.8) is 0 Å². The van der Waals surface area contributed by atoms with E-state index >= 15 is 0 Å². The zero-order valence-electron chi connectivity index (χ0n) is 93.0. The van der Waals surface area contributed by atoms with E-state index in [4.69, 9.17) is 0 Å². The molecule has 24 aliphatic rings. The molecule has 12 nitrogen and oxygen atoms in total. The summed E-state index contributed by atoms with van der Waals surface area (Å²) < 4.78 is 0. The average Bonchev–Trinajstić information content (AvgIpc) is 1.11. The van der Waals surface area contributed by atoms with Crippen molar-refractivity contribution in [1.29, 1.82) is 0 Å². The van der Waals surface area contributed by atoms with Crippen LogP contribution in [0.3, 0.4) is 0 Å². The maximum absolute atomic E-state index is 3.40. The molecule has 9 heterocycles. The minimum absolute atomic E-state index is 0.751. The zero-order chi connectivity index (χ0) is 94.8. The summed E-state index contributed by atoms with van der Waals surface area (Å²) in [6, 6.07) is 2.52. The molecule has 0 aromatic carbocycles. The van der Waals surface area contributed by atoms with Gasteiger partial charge in [0.1, 0.15) is 0 Å². The Morgan fingerprint density at radius 3 is 0.712 bits per heavy atom. The number of nitrogens with one attached hydrogen (secondary N) is 3. The fraction of sp³-hybridized carbons (Fsp3) is 1.00. The van der Waals surface area contributed by atoms with Gasteiger partial charge in [-0.15, -0.1) is 0 Å². The summed E-state index contributed by atoms with van der Waals surface area (Å²) in [5, 5.41) is 10.1. The summed E-state index contributed by atoms with van der Waals surface area (Å²) in [7, 11) is 26.5. The van der Waals surface area contributed by atoms with Crippen LogP contribution >= 0.6 is 0 Å². The fourth-order valence-corrected chi connectivity index (χ4v) is 35.8. The van der Waals surface area contributed by atoms with E-state index in [1.54, 1.807) is 0 Å². The molecule has 0 bridgehead atoms. The van der Waals surface area contributed by atoms with Crippen molar-refractivity contribution < 1.29 is 0 Å². The summed E-state index contributed by atoms with van der Waals surface area (Å²) >= 11 is 0. The van der Waals surface area contributed by atoms with Crippen molar-refractivity contribution in [2.75, 3.05) is 202 Å². The van der Waals surface area contributed by atoms with Crippen LogP contribution in [0.1, 0.15) is 411 Å². The molecule has 12 spiro atoms. The Labute approximate surface area is 822 Å². The SMILES string of the molecule is CC1CC2(C1)CN(C)C2.CC1CC2(CCN(C)C2)C1.CC1CC2(CCN(C)CC2)C1.CC1CCC2(CC1)CCN(C)C2.CC1CCC2(CC1)CCN(C)CC2.CC1CCC2(CC1)CN(C)C2.CNC1CC2(CC(C)C2)C1.CNC1CCC2(CC(C)C2)C1.CNC1CCC2(CC1)CC(C)C2.C[C@@H]1CCC2(C1)CN(C)C2.C[C@@H]1CCC2(CCN(C)C2)C1.C[C@@H]1CCC2(CCN(C)CC2)C1. The third kappa shape index (κ3) is 30.1. The van der Waals surface area contributed by atoms with Gasteiger partial charge in [-0.2, -0.15) is 0 Å². The number of likely N-dealkylation sites (tertiary alicyclic amines) is 9. The average molecular weight is 1840 g/mol. The standard InChI is InChI=1S/C12H23N.3C11H21N.4C10H19N.3C9H17N.C8H15N/c1-11-3-5-12(6-4-11)7-9-13(2)10-8-12;1-9-7-11(8-9)5-3-10(12-2)4-6-11;1-10-3-5-11(6-4-10)7-8-12(2)9-11;1-10-3-4-11(9-10)5-7-12(2)8-6-11;1-9-7-10(8-9)3-5-11(2)6-4-10;1-9-3-5-10(6-4-9)7-11(2)8-10;1-8-5-10(6-8)4-3-9(7-10)11-2;1-9-3-4-10(7-9)5-6-11(2)8-10;1-7-3-9(4-7)5-8(6-9)10-2;1-8-5-9(6-8)3-4-10(2)7-9;1-8-3-4-9(5-8)6-10(2)7-9;1-7-3-8(4-7)5-9(2)6-8/h11H,3-10H2,1-2H3;9-10,12H,3-8H2,1-2H3;2*10H,3-9H2,1-2H3;2*9H,3-8H2,1-2H3;8-9,11H,3-7H2,1-2H3;9H,3-8H2,1-2H3;7-8,10H,3-6H2,1-2H3;2*8H,3-7H2,1-2H3;7H,3-6H2,1-2H3/t;;;10-;;;;9-,10?;;;8-;/m...1...1..1./s1. The van der Waals surface area contributed by atoms with Crippen LogP contribution in [0.2, 0.25) is 0 Å². The van der Waals surface area contributed by atoms with E-state index in [1.807, 2.05) is 0 Å². The van der Waals surface area contributed by atoms with Gasteiger partial charge in [0.2, 0.25) is 0 Å². The Morgan fingerprint density at radius 1 is 0.144 bits per heavy atom. The molecule has 0 aromatic rings. The van der Waals surface area contributed by atoms with Crippen molar-refractivity contribution in [1.82, 2.24) is 60.0 Å². The van der Waals surface area contributed by atoms with E-state index in [0.29, 0.717) is 0 Å². The molecule has 15 aliphatic carbocycles. The van der Waals surface area contributed by atoms with Crippen LogP contribution in [0.5, 0.6) is 0 Å². The number of nitrogens with zero attached hydrogens (tertiary/aromatic N) is 9. The van der Waals surface area contributed by atoms with Gasteiger partial charge in [0.15, 0.2) is 0 Å². The summed E-state index contributed by atoms with van der Waals surface area (Å²) in [6.45, 7) is 53.2. The van der Waals surface area contributed by atoms with Gasteiger partial charge in [0, 0.05) is 77.0 Å². The first kappa shape index (κ1) is 109. The molecule has 15 saturated carbocycles. The Kier molecular flexibility index (Phi) is 38.8. The van der Waals surface area contributed by atoms with E-state index in [9.17, 15) is 0 Å². The quantitative estimate of drug-likeness (QED) is 0.252. The molecule has 2 unspecified atom stereocenters. The summed E-state index contributed by atoms with van der Waals surface area (Å²) in [4.78, 5) is 22.2. The molecular formula is C120H228N12. The Morgan fingerprint density at radius 2 is 0.364 bits per heavy atom. The number of hydrogen-bond acceptors (Lipinski definition) is 12. The van der Waals surface area contributed by atoms with Crippen LogP contribution in [0.25, 0.3) is 0 Å². The summed E-state index contributed by atoms with van der Waals surface area (Å²) in [5.41, 5.74) is 9.48. The molecule has 9 saturated heterocycles. The predicted molar refractivity (Wildman–Crippen MR) is 571 cm³/mol. The van der Waals surface area contributed by atoms with Gasteiger partial charge in [-0.05, 0) is 549 Å². The highest BCUT2D eigenvalue weighted by molar-refractivity contribution is 5.08. The highest BCUT2D eigenvalue weighted by Gasteiger charge is 2.54. The molecular weight excluding hydrogens is 1610 g/mol. The zero-order valence-corrected chi connectivity index (χ0v) is 93.0. The summed E-state index contributed by atoms with van der Waals surface area (Å²) in [6.07, 6.45) is 75.8. The highest BCUT2D eigenvalue weighted by Crippen LogP contribution is 2.61. The molecule has 0 radical (unpaired) electrons. The third-order valence-corrected chi connectivity index (χ3v) is 43.2. The maximum atomic E-state index is 3.40. The normalized spacial score (nSPS) is 39.4. The largest absolute Gasteiger partial charge is 0.317 e. The van der Waals surface area contributed by atoms with Crippen LogP contribution in [-0.4, -0.2) is 265 Å². The van der Waals surface area contributed by atoms with Crippen molar-refractivity contribution in [3.05, 3.63) is 0 Å². The van der Waals surface area contributed by atoms with Gasteiger partial charge in [-0.25, -0.2) is 0 Å². The van der Waals surface area contributed by atoms with Crippen LogP contribution in [-0.2, 0) is 0 Å². The van der Waals surface area contributed by atoms with E-state index in [2.05, 4.69) is 228 Å². The minimum atomic E-state index is 0.751. The third-order valence-electron chi connectivity index (χ3n) is 43.2. The Bertz CT molecular complexity index is 3060. The Hall–Kier alpha value is -0.480. The lowest BCUT2D eigenvalue weighted by Crippen LogP contribution is -2.60. The predicted octanol–water partition coefficient (Wildman–Crippen LogP) is 25.7. The molecule has 0 aromatic heterocycles. The number of hydrogen-bond donors (Lipinski definition) is 3. The van der Waals surface area contributed by atoms with Crippen LogP contribution in [0.4, 0.5) is 0 Å². The van der Waals surface area contributed by atoms with Crippen molar-refractivity contribution in [2.45, 2.75) is 429 Å². The minimum Gasteiger partial charge on any atom is -0.317 e. The van der Waals surface area contributed by atoms with E-state index in [-0.39, 0.29) is 0 Å². The van der Waals surface area contributed by atoms with Crippen molar-refractivity contribution in [2.24, 2.45) is 136 Å². The topological polar surface area (TPSA) is 65.3 Å². The van der Waals surface area contributed by atoms with E-state index in [1.165, 1.54) is 445 Å². The van der Waals surface area contributed by atoms with E-state index < -0.39 is 0 Å². The first-order valence-electron chi connectivity index (χ1n) is 58.7. The first-order chi connectivity index (χ1) is 62.5. The molecule has 5 atom stereocenters. The molecule has 3 N–H and O–H groups in total. The lowest BCUT2D eigenvalue weighted by molar-refractivity contribution is -0.0758. The van der Waals surface area contributed by atoms with E-state index in [0.717, 1.165) is 154 Å². The molecule has 24 rings (SSSR count). The lowest BCUT2D eigenvalue weighted by atomic mass is 9.50. The van der Waals surface area contributed by atoms with Gasteiger partial charge in [-0.3, -0.25) is 0 Å².